The van der Waals surface area contributed by atoms with Gasteiger partial charge in [0.15, 0.2) is 28.4 Å². The molecule has 0 aliphatic carbocycles. The Hall–Kier alpha value is -3.86. The third-order valence-electron chi connectivity index (χ3n) is 7.55. The van der Waals surface area contributed by atoms with Gasteiger partial charge >= 0.3 is 0 Å². The molecule has 5 rings (SSSR count). The number of carbonyl (C=O) groups excluding carboxylic acids is 2. The Balaban J connectivity index is 1.22. The molecule has 1 aromatic carbocycles. The fraction of sp³-hybridized carbons (Fsp3) is 0.400. The molecule has 3 aromatic rings. The second kappa shape index (κ2) is 9.22. The van der Waals surface area contributed by atoms with Gasteiger partial charge in [-0.1, -0.05) is 11.6 Å². The van der Waals surface area contributed by atoms with E-state index < -0.39 is 5.91 Å². The molecule has 2 aliphatic rings. The summed E-state index contributed by atoms with van der Waals surface area (Å²) in [5, 5.41) is 9.98. The molecule has 1 saturated heterocycles. The predicted molar refractivity (Wildman–Crippen MR) is 144 cm³/mol. The summed E-state index contributed by atoms with van der Waals surface area (Å²) in [6.07, 6.45) is 1.42. The summed E-state index contributed by atoms with van der Waals surface area (Å²) in [5.74, 6) is 0.147. The number of aryl methyl sites for hydroxylation is 2. The number of piperidine rings is 1. The van der Waals surface area contributed by atoms with Crippen molar-refractivity contribution in [2.45, 2.75) is 32.2 Å². The van der Waals surface area contributed by atoms with Crippen LogP contribution in [0.5, 0.6) is 0 Å². The normalized spacial score (nSPS) is 16.6. The highest BCUT2D eigenvalue weighted by molar-refractivity contribution is 6.31. The monoisotopic (exact) mass is 523 g/mol. The van der Waals surface area contributed by atoms with Crippen LogP contribution in [0.2, 0.25) is 5.15 Å². The minimum atomic E-state index is -0.503. The van der Waals surface area contributed by atoms with Crippen LogP contribution >= 0.6 is 11.6 Å². The van der Waals surface area contributed by atoms with Gasteiger partial charge in [-0.3, -0.25) is 19.9 Å². The fourth-order valence-electron chi connectivity index (χ4n) is 5.05. The zero-order valence-corrected chi connectivity index (χ0v) is 22.0. The van der Waals surface area contributed by atoms with E-state index in [1.165, 1.54) is 11.3 Å². The van der Waals surface area contributed by atoms with Gasteiger partial charge in [0.1, 0.15) is 0 Å². The molecule has 2 amide bonds. The molecule has 4 heterocycles. The molecule has 0 saturated carbocycles. The highest BCUT2D eigenvalue weighted by Crippen LogP contribution is 2.29. The first-order valence-electron chi connectivity index (χ1n) is 12.1. The summed E-state index contributed by atoms with van der Waals surface area (Å²) >= 11 is 5.96. The molecule has 37 heavy (non-hydrogen) atoms. The summed E-state index contributed by atoms with van der Waals surface area (Å²) in [4.78, 5) is 40.6. The number of likely N-dealkylation sites (tertiary alicyclic amines) is 1. The Labute approximate surface area is 219 Å². The van der Waals surface area contributed by atoms with E-state index in [1.807, 2.05) is 30.1 Å². The Morgan fingerprint density at radius 2 is 1.92 bits per heavy atom. The van der Waals surface area contributed by atoms with Crippen molar-refractivity contribution in [2.75, 3.05) is 37.7 Å². The zero-order valence-electron chi connectivity index (χ0n) is 21.3. The number of anilines is 2. The number of benzene rings is 1. The molecule has 0 atom stereocenters. The van der Waals surface area contributed by atoms with Crippen LogP contribution < -0.4 is 21.7 Å². The highest BCUT2D eigenvalue weighted by Gasteiger charge is 2.40. The number of hydrogen-bond acceptors (Lipinski definition) is 8. The zero-order chi connectivity index (χ0) is 26.5. The van der Waals surface area contributed by atoms with Gasteiger partial charge in [-0.05, 0) is 50.5 Å². The molecule has 1 spiro atoms. The topological polar surface area (TPSA) is 143 Å². The summed E-state index contributed by atoms with van der Waals surface area (Å²) in [6, 6.07) is 5.93. The van der Waals surface area contributed by atoms with Crippen LogP contribution in [0.4, 0.5) is 11.6 Å². The minimum Gasteiger partial charge on any atom is -0.381 e. The van der Waals surface area contributed by atoms with Crippen molar-refractivity contribution in [3.05, 3.63) is 45.9 Å². The Kier molecular flexibility index (Phi) is 6.18. The van der Waals surface area contributed by atoms with Crippen molar-refractivity contribution < 1.29 is 9.59 Å². The quantitative estimate of drug-likeness (QED) is 0.412. The van der Waals surface area contributed by atoms with Crippen LogP contribution in [0.25, 0.3) is 10.9 Å². The molecular weight excluding hydrogens is 494 g/mol. The third-order valence-corrected chi connectivity index (χ3v) is 7.83. The van der Waals surface area contributed by atoms with Crippen LogP contribution in [0.15, 0.2) is 23.2 Å². The smallest absolute Gasteiger partial charge is 0.280 e. The van der Waals surface area contributed by atoms with Gasteiger partial charge < -0.3 is 25.8 Å². The minimum absolute atomic E-state index is 0.0216. The lowest BCUT2D eigenvalue weighted by molar-refractivity contribution is 0.0668. The van der Waals surface area contributed by atoms with Crippen LogP contribution in [-0.2, 0) is 7.05 Å². The van der Waals surface area contributed by atoms with Crippen molar-refractivity contribution in [1.82, 2.24) is 30.1 Å². The SMILES string of the molecule is CNc1nc(N)c(Cl)nc1C(=O)NC1=NCC2(CCN(C(=O)c3ccc4c(c3)c(C)c(C)n4C)CC2)N1. The van der Waals surface area contributed by atoms with Crippen molar-refractivity contribution in [3.8, 4) is 0 Å². The molecule has 12 heteroatoms. The maximum Gasteiger partial charge on any atom is 0.280 e. The number of aromatic nitrogens is 3. The standard InChI is InChI=1S/C25H30ClN9O2/c1-13-14(2)34(4)17-6-5-15(11-16(13)17)23(37)35-9-7-25(8-10-35)12-29-24(33-25)32-22(36)18-21(28-3)31-20(27)19(26)30-18/h5-6,11H,7-10,12H2,1-4H3,(H3,27,28,31)(H2,29,32,33,36). The molecule has 2 aromatic heterocycles. The van der Waals surface area contributed by atoms with Crippen LogP contribution in [0, 0.1) is 13.8 Å². The predicted octanol–water partition coefficient (Wildman–Crippen LogP) is 2.23. The average molecular weight is 524 g/mol. The van der Waals surface area contributed by atoms with Gasteiger partial charge in [-0.25, -0.2) is 9.97 Å². The lowest BCUT2D eigenvalue weighted by Gasteiger charge is -2.39. The van der Waals surface area contributed by atoms with E-state index in [1.54, 1.807) is 7.05 Å². The van der Waals surface area contributed by atoms with Gasteiger partial charge in [0, 0.05) is 49.3 Å². The van der Waals surface area contributed by atoms with Crippen molar-refractivity contribution in [1.29, 1.82) is 0 Å². The highest BCUT2D eigenvalue weighted by atomic mass is 35.5. The number of guanidine groups is 1. The molecule has 11 nitrogen and oxygen atoms in total. The summed E-state index contributed by atoms with van der Waals surface area (Å²) in [7, 11) is 3.66. The second-order valence-corrected chi connectivity index (χ2v) is 10.0. The lowest BCUT2D eigenvalue weighted by Crippen LogP contribution is -2.57. The number of carbonyl (C=O) groups is 2. The summed E-state index contributed by atoms with van der Waals surface area (Å²) in [6.45, 7) is 5.87. The number of nitrogens with zero attached hydrogens (tertiary/aromatic N) is 5. The summed E-state index contributed by atoms with van der Waals surface area (Å²) < 4.78 is 2.15. The number of fused-ring (bicyclic) bond motifs is 1. The Morgan fingerprint density at radius 3 is 2.62 bits per heavy atom. The van der Waals surface area contributed by atoms with E-state index >= 15 is 0 Å². The van der Waals surface area contributed by atoms with E-state index in [9.17, 15) is 9.59 Å². The number of rotatable bonds is 3. The van der Waals surface area contributed by atoms with Gasteiger partial charge in [0.05, 0.1) is 12.1 Å². The Bertz CT molecular complexity index is 1450. The number of hydrogen-bond donors (Lipinski definition) is 4. The fourth-order valence-corrected chi connectivity index (χ4v) is 5.18. The number of halogens is 1. The first kappa shape index (κ1) is 24.8. The van der Waals surface area contributed by atoms with E-state index in [2.05, 4.69) is 49.3 Å². The van der Waals surface area contributed by atoms with Crippen molar-refractivity contribution in [2.24, 2.45) is 12.0 Å². The molecule has 2 aliphatic heterocycles. The van der Waals surface area contributed by atoms with Gasteiger partial charge in [-0.15, -0.1) is 0 Å². The van der Waals surface area contributed by atoms with E-state index in [0.29, 0.717) is 44.0 Å². The maximum absolute atomic E-state index is 13.3. The van der Waals surface area contributed by atoms with Crippen molar-refractivity contribution >= 4 is 51.9 Å². The van der Waals surface area contributed by atoms with E-state index in [0.717, 1.165) is 10.9 Å². The van der Waals surface area contributed by atoms with Crippen LogP contribution in [-0.4, -0.2) is 69.4 Å². The van der Waals surface area contributed by atoms with Gasteiger partial charge in [0.2, 0.25) is 0 Å². The third kappa shape index (κ3) is 4.33. The van der Waals surface area contributed by atoms with E-state index in [-0.39, 0.29) is 33.9 Å². The second-order valence-electron chi connectivity index (χ2n) is 9.66. The van der Waals surface area contributed by atoms with Crippen molar-refractivity contribution in [3.63, 3.8) is 0 Å². The number of aliphatic imine (C=N–C) groups is 1. The summed E-state index contributed by atoms with van der Waals surface area (Å²) in [5.41, 5.74) is 9.61. The number of nitrogens with one attached hydrogen (secondary N) is 3. The molecular formula is C25H30ClN9O2. The Morgan fingerprint density at radius 1 is 1.19 bits per heavy atom. The van der Waals surface area contributed by atoms with E-state index in [4.69, 9.17) is 17.3 Å². The first-order chi connectivity index (χ1) is 17.6. The molecule has 5 N–H and O–H groups in total. The number of amides is 2. The molecule has 0 radical (unpaired) electrons. The molecule has 0 unspecified atom stereocenters. The first-order valence-corrected chi connectivity index (χ1v) is 12.5. The molecule has 194 valence electrons. The lowest BCUT2D eigenvalue weighted by atomic mass is 9.88. The average Bonchev–Trinajstić information content (AvgIpc) is 3.38. The number of nitrogens with two attached hydrogens (primary N) is 1. The largest absolute Gasteiger partial charge is 0.381 e. The van der Waals surface area contributed by atoms with Gasteiger partial charge in [-0.2, -0.15) is 0 Å². The van der Waals surface area contributed by atoms with Gasteiger partial charge in [0.25, 0.3) is 11.8 Å². The molecule has 0 bridgehead atoms. The number of nitrogen functional groups attached to an aromatic ring is 1. The van der Waals surface area contributed by atoms with Crippen LogP contribution in [0.3, 0.4) is 0 Å². The maximum atomic E-state index is 13.3. The molecule has 1 fully saturated rings. The van der Waals surface area contributed by atoms with Crippen LogP contribution in [0.1, 0.15) is 44.9 Å².